The number of fused-ring (bicyclic) bond motifs is 1. The largest absolute Gasteiger partial charge is 0.382 e. The maximum atomic E-state index is 9.43. The van der Waals surface area contributed by atoms with Gasteiger partial charge in [-0.1, -0.05) is 36.4 Å². The van der Waals surface area contributed by atoms with E-state index in [2.05, 4.69) is 38.7 Å². The number of pyridine rings is 1. The normalized spacial score (nSPS) is 10.5. The highest BCUT2D eigenvalue weighted by Crippen LogP contribution is 2.28. The van der Waals surface area contributed by atoms with Gasteiger partial charge in [0.05, 0.1) is 11.2 Å². The Morgan fingerprint density at radius 3 is 2.48 bits per heavy atom. The third-order valence-electron chi connectivity index (χ3n) is 4.44. The van der Waals surface area contributed by atoms with E-state index in [1.165, 1.54) is 5.56 Å². The van der Waals surface area contributed by atoms with E-state index < -0.39 is 0 Å². The van der Waals surface area contributed by atoms with Crippen molar-refractivity contribution in [2.24, 2.45) is 0 Å². The Labute approximate surface area is 157 Å². The van der Waals surface area contributed by atoms with Crippen molar-refractivity contribution in [3.63, 3.8) is 0 Å². The summed E-state index contributed by atoms with van der Waals surface area (Å²) in [5.41, 5.74) is 5.16. The molecule has 0 bridgehead atoms. The SMILES string of the molecule is N#Cc1nnc2cc(-c3ccncc3)ccc2c1NCCc1ccccc1. The zero-order chi connectivity index (χ0) is 18.5. The number of anilines is 1. The molecule has 0 aliphatic carbocycles. The van der Waals surface area contributed by atoms with Gasteiger partial charge in [0, 0.05) is 24.3 Å². The predicted molar refractivity (Wildman–Crippen MR) is 106 cm³/mol. The van der Waals surface area contributed by atoms with Crippen molar-refractivity contribution in [3.05, 3.63) is 84.3 Å². The second-order valence-corrected chi connectivity index (χ2v) is 6.17. The minimum Gasteiger partial charge on any atom is -0.382 e. The molecule has 0 saturated heterocycles. The fraction of sp³-hybridized carbons (Fsp3) is 0.0909. The number of hydrogen-bond donors (Lipinski definition) is 1. The molecule has 2 aromatic heterocycles. The predicted octanol–water partition coefficient (Wildman–Crippen LogP) is 4.22. The minimum atomic E-state index is 0.312. The topological polar surface area (TPSA) is 74.5 Å². The Kier molecular flexibility index (Phi) is 4.71. The smallest absolute Gasteiger partial charge is 0.186 e. The van der Waals surface area contributed by atoms with Gasteiger partial charge in [-0.05, 0) is 47.4 Å². The van der Waals surface area contributed by atoms with Gasteiger partial charge >= 0.3 is 0 Å². The van der Waals surface area contributed by atoms with Gasteiger partial charge in [0.25, 0.3) is 0 Å². The van der Waals surface area contributed by atoms with Crippen molar-refractivity contribution in [3.8, 4) is 17.2 Å². The minimum absolute atomic E-state index is 0.312. The first kappa shape index (κ1) is 16.7. The summed E-state index contributed by atoms with van der Waals surface area (Å²) in [6.45, 7) is 0.714. The average Bonchev–Trinajstić information content (AvgIpc) is 2.75. The number of hydrogen-bond acceptors (Lipinski definition) is 5. The summed E-state index contributed by atoms with van der Waals surface area (Å²) in [7, 11) is 0. The molecule has 5 nitrogen and oxygen atoms in total. The van der Waals surface area contributed by atoms with E-state index >= 15 is 0 Å². The number of benzene rings is 2. The Morgan fingerprint density at radius 1 is 0.889 bits per heavy atom. The fourth-order valence-corrected chi connectivity index (χ4v) is 3.06. The lowest BCUT2D eigenvalue weighted by Crippen LogP contribution is -2.08. The van der Waals surface area contributed by atoms with E-state index in [1.54, 1.807) is 12.4 Å². The van der Waals surface area contributed by atoms with Gasteiger partial charge in [-0.25, -0.2) is 0 Å². The zero-order valence-electron chi connectivity index (χ0n) is 14.6. The van der Waals surface area contributed by atoms with Crippen LogP contribution in [0.5, 0.6) is 0 Å². The summed E-state index contributed by atoms with van der Waals surface area (Å²) in [5.74, 6) is 0. The van der Waals surface area contributed by atoms with Gasteiger partial charge in [0.2, 0.25) is 0 Å². The van der Waals surface area contributed by atoms with Gasteiger partial charge in [0.15, 0.2) is 5.69 Å². The van der Waals surface area contributed by atoms with Crippen LogP contribution in [0, 0.1) is 11.3 Å². The molecular formula is C22H17N5. The van der Waals surface area contributed by atoms with Crippen LogP contribution in [0.1, 0.15) is 11.3 Å². The highest BCUT2D eigenvalue weighted by molar-refractivity contribution is 5.95. The third-order valence-corrected chi connectivity index (χ3v) is 4.44. The van der Waals surface area contributed by atoms with Crippen molar-refractivity contribution in [2.75, 3.05) is 11.9 Å². The van der Waals surface area contributed by atoms with Crippen LogP contribution in [0.15, 0.2) is 73.1 Å². The standard InChI is InChI=1S/C22H17N5/c23-15-21-22(25-13-8-16-4-2-1-3-5-16)19-7-6-18(14-20(19)26-27-21)17-9-11-24-12-10-17/h1-7,9-12,14H,8,13H2,(H,25,26). The molecule has 1 N–H and O–H groups in total. The van der Waals surface area contributed by atoms with E-state index in [4.69, 9.17) is 0 Å². The molecule has 2 aromatic carbocycles. The summed E-state index contributed by atoms with van der Waals surface area (Å²) < 4.78 is 0. The first-order valence-electron chi connectivity index (χ1n) is 8.74. The monoisotopic (exact) mass is 351 g/mol. The van der Waals surface area contributed by atoms with Gasteiger partial charge < -0.3 is 5.32 Å². The van der Waals surface area contributed by atoms with Crippen molar-refractivity contribution >= 4 is 16.6 Å². The Balaban J connectivity index is 1.65. The van der Waals surface area contributed by atoms with E-state index in [0.29, 0.717) is 12.2 Å². The molecule has 0 radical (unpaired) electrons. The number of nitrogens with zero attached hydrogens (tertiary/aromatic N) is 4. The summed E-state index contributed by atoms with van der Waals surface area (Å²) in [6, 6.07) is 22.3. The first-order valence-corrected chi connectivity index (χ1v) is 8.74. The fourth-order valence-electron chi connectivity index (χ4n) is 3.06. The maximum Gasteiger partial charge on any atom is 0.186 e. The lowest BCUT2D eigenvalue weighted by molar-refractivity contribution is 1.00. The molecule has 0 fully saturated rings. The molecule has 0 aliphatic rings. The van der Waals surface area contributed by atoms with Gasteiger partial charge in [0.1, 0.15) is 6.07 Å². The van der Waals surface area contributed by atoms with Crippen molar-refractivity contribution in [2.45, 2.75) is 6.42 Å². The molecule has 27 heavy (non-hydrogen) atoms. The van der Waals surface area contributed by atoms with Crippen LogP contribution in [0.4, 0.5) is 5.69 Å². The molecule has 4 aromatic rings. The molecule has 130 valence electrons. The lowest BCUT2D eigenvalue weighted by Gasteiger charge is -2.11. The van der Waals surface area contributed by atoms with Gasteiger partial charge in [-0.15, -0.1) is 10.2 Å². The zero-order valence-corrected chi connectivity index (χ0v) is 14.6. The van der Waals surface area contributed by atoms with Crippen LogP contribution in [-0.4, -0.2) is 21.7 Å². The number of nitrogens with one attached hydrogen (secondary N) is 1. The van der Waals surface area contributed by atoms with Crippen molar-refractivity contribution in [1.82, 2.24) is 15.2 Å². The number of aromatic nitrogens is 3. The molecule has 0 atom stereocenters. The van der Waals surface area contributed by atoms with Gasteiger partial charge in [-0.3, -0.25) is 4.98 Å². The van der Waals surface area contributed by atoms with Crippen LogP contribution in [-0.2, 0) is 6.42 Å². The van der Waals surface area contributed by atoms with E-state index in [-0.39, 0.29) is 0 Å². The Bertz CT molecular complexity index is 1100. The molecule has 0 unspecified atom stereocenters. The summed E-state index contributed by atoms with van der Waals surface area (Å²) >= 11 is 0. The molecule has 0 amide bonds. The molecule has 0 spiro atoms. The Hall–Kier alpha value is -3.78. The van der Waals surface area contributed by atoms with Crippen LogP contribution in [0.3, 0.4) is 0 Å². The Morgan fingerprint density at radius 2 is 1.70 bits per heavy atom. The lowest BCUT2D eigenvalue weighted by atomic mass is 10.0. The second-order valence-electron chi connectivity index (χ2n) is 6.17. The molecule has 5 heteroatoms. The summed E-state index contributed by atoms with van der Waals surface area (Å²) in [4.78, 5) is 4.05. The summed E-state index contributed by atoms with van der Waals surface area (Å²) in [5, 5.41) is 22.0. The van der Waals surface area contributed by atoms with Crippen LogP contribution < -0.4 is 5.32 Å². The van der Waals surface area contributed by atoms with Crippen LogP contribution in [0.2, 0.25) is 0 Å². The van der Waals surface area contributed by atoms with Crippen LogP contribution in [0.25, 0.3) is 22.0 Å². The number of rotatable bonds is 5. The molecule has 0 saturated carbocycles. The van der Waals surface area contributed by atoms with E-state index in [9.17, 15) is 5.26 Å². The van der Waals surface area contributed by atoms with Crippen molar-refractivity contribution in [1.29, 1.82) is 5.26 Å². The third kappa shape index (κ3) is 3.60. The maximum absolute atomic E-state index is 9.43. The molecule has 2 heterocycles. The quantitative estimate of drug-likeness (QED) is 0.583. The highest BCUT2D eigenvalue weighted by Gasteiger charge is 2.11. The molecule has 0 aliphatic heterocycles. The highest BCUT2D eigenvalue weighted by atomic mass is 15.1. The van der Waals surface area contributed by atoms with E-state index in [1.807, 2.05) is 48.5 Å². The van der Waals surface area contributed by atoms with E-state index in [0.717, 1.165) is 34.1 Å². The van der Waals surface area contributed by atoms with Gasteiger partial charge in [-0.2, -0.15) is 5.26 Å². The molecular weight excluding hydrogens is 334 g/mol. The first-order chi connectivity index (χ1) is 13.3. The van der Waals surface area contributed by atoms with Crippen LogP contribution >= 0.6 is 0 Å². The second kappa shape index (κ2) is 7.63. The average molecular weight is 351 g/mol. The summed E-state index contributed by atoms with van der Waals surface area (Å²) in [6.07, 6.45) is 4.39. The van der Waals surface area contributed by atoms with Crippen molar-refractivity contribution < 1.29 is 0 Å². The number of nitriles is 1. The molecule has 4 rings (SSSR count).